The Balaban J connectivity index is 2.12. The normalized spacial score (nSPS) is 21.8. The van der Waals surface area contributed by atoms with E-state index >= 15 is 0 Å². The van der Waals surface area contributed by atoms with Crippen LogP contribution in [0.4, 0.5) is 10.1 Å². The lowest BCUT2D eigenvalue weighted by Crippen LogP contribution is -2.26. The number of amides is 1. The number of ketones is 1. The molecule has 20 heavy (non-hydrogen) atoms. The topological polar surface area (TPSA) is 37.4 Å². The second kappa shape index (κ2) is 4.96. The molecule has 3 rings (SSSR count). The molecule has 1 saturated heterocycles. The molecule has 0 N–H and O–H groups in total. The Labute approximate surface area is 133 Å². The molecule has 0 spiro atoms. The van der Waals surface area contributed by atoms with E-state index in [1.807, 2.05) is 6.08 Å². The average molecular weight is 404 g/mol. The molecule has 3 nitrogen and oxygen atoms in total. The van der Waals surface area contributed by atoms with Gasteiger partial charge < -0.3 is 0 Å². The van der Waals surface area contributed by atoms with Gasteiger partial charge in [0.25, 0.3) is 5.91 Å². The second-order valence-corrected chi connectivity index (χ2v) is 6.42. The predicted octanol–water partition coefficient (Wildman–Crippen LogP) is 3.62. The van der Waals surface area contributed by atoms with Crippen LogP contribution >= 0.6 is 34.2 Å². The quantitative estimate of drug-likeness (QED) is 0.531. The number of benzene rings is 1. The fourth-order valence-corrected chi connectivity index (χ4v) is 3.26. The zero-order valence-electron chi connectivity index (χ0n) is 10.1. The van der Waals surface area contributed by atoms with Crippen LogP contribution in [0.15, 0.2) is 39.6 Å². The van der Waals surface area contributed by atoms with E-state index in [1.54, 1.807) is 6.08 Å². The third-order valence-electron chi connectivity index (χ3n) is 3.29. The van der Waals surface area contributed by atoms with Crippen molar-refractivity contribution in [2.75, 3.05) is 4.90 Å². The van der Waals surface area contributed by atoms with E-state index < -0.39 is 23.4 Å². The van der Waals surface area contributed by atoms with Gasteiger partial charge in [-0.1, -0.05) is 17.7 Å². The Kier molecular flexibility index (Phi) is 3.41. The SMILES string of the molecule is O=C1C(=O)N(c2cc(F)cc(Cl)c2)C2=CC=C(I)CC12. The van der Waals surface area contributed by atoms with Gasteiger partial charge in [0.2, 0.25) is 5.78 Å². The summed E-state index contributed by atoms with van der Waals surface area (Å²) in [6, 6.07) is 3.83. The molecule has 0 saturated carbocycles. The highest BCUT2D eigenvalue weighted by atomic mass is 127. The van der Waals surface area contributed by atoms with Gasteiger partial charge in [0, 0.05) is 10.7 Å². The van der Waals surface area contributed by atoms with Crippen LogP contribution in [0.1, 0.15) is 6.42 Å². The fraction of sp³-hybridized carbons (Fsp3) is 0.143. The number of Topliss-reactive ketones (excluding diaryl/α,β-unsaturated/α-hetero) is 1. The summed E-state index contributed by atoms with van der Waals surface area (Å²) >= 11 is 7.95. The molecule has 1 unspecified atom stereocenters. The molecule has 1 heterocycles. The first-order valence-corrected chi connectivity index (χ1v) is 7.33. The maximum absolute atomic E-state index is 13.5. The fourth-order valence-electron chi connectivity index (χ4n) is 2.43. The lowest BCUT2D eigenvalue weighted by atomic mass is 9.96. The highest BCUT2D eigenvalue weighted by molar-refractivity contribution is 14.1. The Hall–Kier alpha value is -1.21. The Morgan fingerprint density at radius 2 is 2.00 bits per heavy atom. The minimum absolute atomic E-state index is 0.185. The van der Waals surface area contributed by atoms with E-state index in [4.69, 9.17) is 11.6 Å². The van der Waals surface area contributed by atoms with Gasteiger partial charge >= 0.3 is 0 Å². The number of anilines is 1. The van der Waals surface area contributed by atoms with Gasteiger partial charge in [-0.3, -0.25) is 14.5 Å². The summed E-state index contributed by atoms with van der Waals surface area (Å²) in [4.78, 5) is 25.4. The number of nitrogens with zero attached hydrogens (tertiary/aromatic N) is 1. The molecule has 0 bridgehead atoms. The van der Waals surface area contributed by atoms with Gasteiger partial charge in [0.15, 0.2) is 0 Å². The third-order valence-corrected chi connectivity index (χ3v) is 4.30. The van der Waals surface area contributed by atoms with Crippen LogP contribution in [0, 0.1) is 11.7 Å². The van der Waals surface area contributed by atoms with Crippen molar-refractivity contribution in [2.24, 2.45) is 5.92 Å². The second-order valence-electron chi connectivity index (χ2n) is 4.59. The van der Waals surface area contributed by atoms with Gasteiger partial charge in [0.1, 0.15) is 5.82 Å². The molecular formula is C14H8ClFINO2. The Morgan fingerprint density at radius 3 is 2.70 bits per heavy atom. The number of carbonyl (C=O) groups excluding carboxylic acids is 2. The highest BCUT2D eigenvalue weighted by Crippen LogP contribution is 2.40. The van der Waals surface area contributed by atoms with Crippen LogP contribution in [-0.2, 0) is 9.59 Å². The first kappa shape index (κ1) is 13.8. The summed E-state index contributed by atoms with van der Waals surface area (Å²) in [6.45, 7) is 0. The smallest absolute Gasteiger partial charge is 0.288 e. The number of fused-ring (bicyclic) bond motifs is 1. The molecule has 1 aromatic rings. The number of allylic oxidation sites excluding steroid dienone is 4. The first-order valence-electron chi connectivity index (χ1n) is 5.88. The third kappa shape index (κ3) is 2.18. The summed E-state index contributed by atoms with van der Waals surface area (Å²) in [6.07, 6.45) is 4.10. The molecule has 1 aliphatic carbocycles. The minimum Gasteiger partial charge on any atom is -0.288 e. The van der Waals surface area contributed by atoms with Crippen LogP contribution in [0.25, 0.3) is 0 Å². The van der Waals surface area contributed by atoms with Crippen LogP contribution in [-0.4, -0.2) is 11.7 Å². The van der Waals surface area contributed by atoms with Crippen molar-refractivity contribution in [3.8, 4) is 0 Å². The number of halogens is 3. The van der Waals surface area contributed by atoms with Crippen molar-refractivity contribution in [1.82, 2.24) is 0 Å². The van der Waals surface area contributed by atoms with Crippen molar-refractivity contribution >= 4 is 51.6 Å². The molecular weight excluding hydrogens is 396 g/mol. The van der Waals surface area contributed by atoms with Crippen molar-refractivity contribution < 1.29 is 14.0 Å². The molecule has 1 aromatic carbocycles. The van der Waals surface area contributed by atoms with E-state index in [0.717, 1.165) is 9.65 Å². The molecule has 0 radical (unpaired) electrons. The molecule has 0 aromatic heterocycles. The Morgan fingerprint density at radius 1 is 1.25 bits per heavy atom. The largest absolute Gasteiger partial charge is 0.299 e. The van der Waals surface area contributed by atoms with Crippen LogP contribution in [0.3, 0.4) is 0 Å². The van der Waals surface area contributed by atoms with E-state index in [2.05, 4.69) is 22.6 Å². The van der Waals surface area contributed by atoms with E-state index in [-0.39, 0.29) is 10.7 Å². The number of carbonyl (C=O) groups is 2. The lowest BCUT2D eigenvalue weighted by molar-refractivity contribution is -0.135. The van der Waals surface area contributed by atoms with E-state index in [9.17, 15) is 14.0 Å². The number of hydrogen-bond donors (Lipinski definition) is 0. The molecule has 6 heteroatoms. The van der Waals surface area contributed by atoms with Crippen LogP contribution in [0.5, 0.6) is 0 Å². The monoisotopic (exact) mass is 403 g/mol. The number of hydrogen-bond acceptors (Lipinski definition) is 2. The maximum Gasteiger partial charge on any atom is 0.299 e. The summed E-state index contributed by atoms with van der Waals surface area (Å²) in [5.74, 6) is -2.11. The maximum atomic E-state index is 13.5. The first-order chi connectivity index (χ1) is 9.47. The van der Waals surface area contributed by atoms with Gasteiger partial charge in [-0.05, 0) is 56.9 Å². The van der Waals surface area contributed by atoms with Gasteiger partial charge in [-0.15, -0.1) is 0 Å². The summed E-state index contributed by atoms with van der Waals surface area (Å²) in [5, 5.41) is 0.185. The van der Waals surface area contributed by atoms with Crippen LogP contribution in [0.2, 0.25) is 5.02 Å². The average Bonchev–Trinajstić information content (AvgIpc) is 2.61. The summed E-state index contributed by atoms with van der Waals surface area (Å²) < 4.78 is 14.5. The van der Waals surface area contributed by atoms with Crippen molar-refractivity contribution in [3.63, 3.8) is 0 Å². The van der Waals surface area contributed by atoms with Gasteiger partial charge in [-0.2, -0.15) is 0 Å². The van der Waals surface area contributed by atoms with E-state index in [0.29, 0.717) is 12.1 Å². The van der Waals surface area contributed by atoms with Crippen LogP contribution < -0.4 is 4.90 Å². The van der Waals surface area contributed by atoms with Crippen molar-refractivity contribution in [1.29, 1.82) is 0 Å². The molecule has 102 valence electrons. The minimum atomic E-state index is -0.637. The molecule has 1 atom stereocenters. The molecule has 1 amide bonds. The predicted molar refractivity (Wildman–Crippen MR) is 82.2 cm³/mol. The van der Waals surface area contributed by atoms with Crippen molar-refractivity contribution in [2.45, 2.75) is 6.42 Å². The zero-order chi connectivity index (χ0) is 14.4. The molecule has 2 aliphatic rings. The number of rotatable bonds is 1. The van der Waals surface area contributed by atoms with Crippen molar-refractivity contribution in [3.05, 3.63) is 50.5 Å². The zero-order valence-corrected chi connectivity index (χ0v) is 13.0. The highest BCUT2D eigenvalue weighted by Gasteiger charge is 2.45. The van der Waals surface area contributed by atoms with Gasteiger partial charge in [0.05, 0.1) is 11.6 Å². The Bertz CT molecular complexity index is 678. The standard InChI is InChI=1S/C14H8ClFINO2/c15-7-3-8(16)5-10(4-7)18-12-2-1-9(17)6-11(12)13(19)14(18)20/h1-5,11H,6H2. The summed E-state index contributed by atoms with van der Waals surface area (Å²) in [5.41, 5.74) is 0.870. The van der Waals surface area contributed by atoms with E-state index in [1.165, 1.54) is 17.0 Å². The lowest BCUT2D eigenvalue weighted by Gasteiger charge is -2.21. The molecule has 1 fully saturated rings. The molecule has 1 aliphatic heterocycles. The van der Waals surface area contributed by atoms with Gasteiger partial charge in [-0.25, -0.2) is 4.39 Å². The summed E-state index contributed by atoms with van der Waals surface area (Å²) in [7, 11) is 0.